The van der Waals surface area contributed by atoms with Gasteiger partial charge in [0.2, 0.25) is 0 Å². The fourth-order valence-corrected chi connectivity index (χ4v) is 2.15. The highest BCUT2D eigenvalue weighted by atomic mass is 19.2. The first-order valence-electron chi connectivity index (χ1n) is 6.53. The molecule has 0 aliphatic heterocycles. The molecule has 0 bridgehead atoms. The van der Waals surface area contributed by atoms with Gasteiger partial charge in [-0.3, -0.25) is 4.90 Å². The summed E-state index contributed by atoms with van der Waals surface area (Å²) >= 11 is 0. The van der Waals surface area contributed by atoms with Crippen LogP contribution in [0.4, 0.5) is 14.5 Å². The van der Waals surface area contributed by atoms with Crippen LogP contribution in [-0.4, -0.2) is 30.6 Å². The van der Waals surface area contributed by atoms with Gasteiger partial charge in [-0.2, -0.15) is 5.26 Å². The minimum Gasteiger partial charge on any atom is -0.381 e. The van der Waals surface area contributed by atoms with Crippen LogP contribution >= 0.6 is 0 Å². The van der Waals surface area contributed by atoms with Crippen molar-refractivity contribution in [3.05, 3.63) is 29.3 Å². The Morgan fingerprint density at radius 3 is 2.68 bits per heavy atom. The number of nitrogens with one attached hydrogen (secondary N) is 1. The van der Waals surface area contributed by atoms with Gasteiger partial charge in [-0.05, 0) is 31.5 Å². The van der Waals surface area contributed by atoms with Crippen molar-refractivity contribution in [3.63, 3.8) is 0 Å². The molecule has 0 heterocycles. The highest BCUT2D eigenvalue weighted by Gasteiger charge is 2.27. The minimum atomic E-state index is -1.08. The molecule has 1 aromatic carbocycles. The van der Waals surface area contributed by atoms with E-state index in [1.807, 2.05) is 0 Å². The summed E-state index contributed by atoms with van der Waals surface area (Å²) in [7, 11) is 0. The first kappa shape index (κ1) is 13.8. The molecule has 0 spiro atoms. The van der Waals surface area contributed by atoms with Crippen molar-refractivity contribution in [2.24, 2.45) is 0 Å². The molecule has 102 valence electrons. The topological polar surface area (TPSA) is 39.1 Å². The highest BCUT2D eigenvalue weighted by Crippen LogP contribution is 2.26. The van der Waals surface area contributed by atoms with E-state index in [1.54, 1.807) is 6.07 Å². The second-order valence-electron chi connectivity index (χ2n) is 4.69. The van der Waals surface area contributed by atoms with E-state index in [1.165, 1.54) is 25.0 Å². The molecule has 0 radical (unpaired) electrons. The number of halogens is 2. The van der Waals surface area contributed by atoms with Crippen LogP contribution in [0.2, 0.25) is 0 Å². The second kappa shape index (κ2) is 5.98. The molecule has 1 N–H and O–H groups in total. The van der Waals surface area contributed by atoms with Crippen LogP contribution in [-0.2, 0) is 0 Å². The lowest BCUT2D eigenvalue weighted by Crippen LogP contribution is -2.31. The molecule has 1 aromatic rings. The largest absolute Gasteiger partial charge is 0.381 e. The molecule has 1 aliphatic carbocycles. The van der Waals surface area contributed by atoms with E-state index >= 15 is 0 Å². The monoisotopic (exact) mass is 265 g/mol. The summed E-state index contributed by atoms with van der Waals surface area (Å²) in [6.07, 6.45) is 2.46. The summed E-state index contributed by atoms with van der Waals surface area (Å²) in [4.78, 5) is 2.32. The lowest BCUT2D eigenvalue weighted by Gasteiger charge is -2.20. The Morgan fingerprint density at radius 1 is 1.37 bits per heavy atom. The molecule has 3 nitrogen and oxygen atoms in total. The molecule has 0 unspecified atom stereocenters. The van der Waals surface area contributed by atoms with E-state index in [0.29, 0.717) is 12.6 Å². The molecule has 2 rings (SSSR count). The standard InChI is InChI=1S/C14H17F2N3/c1-2-19(11-4-5-11)8-7-18-12-6-3-10(9-17)13(15)14(12)16/h3,6,11,18H,2,4-5,7-8H2,1H3. The van der Waals surface area contributed by atoms with Crippen LogP contribution < -0.4 is 5.32 Å². The zero-order valence-electron chi connectivity index (χ0n) is 10.9. The third-order valence-electron chi connectivity index (χ3n) is 3.39. The van der Waals surface area contributed by atoms with Crippen LogP contribution in [0.5, 0.6) is 0 Å². The van der Waals surface area contributed by atoms with Crippen LogP contribution in [0.1, 0.15) is 25.3 Å². The third-order valence-corrected chi connectivity index (χ3v) is 3.39. The lowest BCUT2D eigenvalue weighted by molar-refractivity contribution is 0.289. The maximum Gasteiger partial charge on any atom is 0.183 e. The van der Waals surface area contributed by atoms with E-state index < -0.39 is 11.6 Å². The number of nitrogens with zero attached hydrogens (tertiary/aromatic N) is 2. The normalized spacial score (nSPS) is 14.5. The summed E-state index contributed by atoms with van der Waals surface area (Å²) in [5.41, 5.74) is -0.153. The Morgan fingerprint density at radius 2 is 2.11 bits per heavy atom. The van der Waals surface area contributed by atoms with Crippen molar-refractivity contribution in [2.45, 2.75) is 25.8 Å². The summed E-state index contributed by atoms with van der Waals surface area (Å²) in [5, 5.41) is 11.5. The van der Waals surface area contributed by atoms with Gasteiger partial charge in [-0.1, -0.05) is 6.92 Å². The fourth-order valence-electron chi connectivity index (χ4n) is 2.15. The van der Waals surface area contributed by atoms with E-state index in [0.717, 1.165) is 13.1 Å². The molecule has 1 saturated carbocycles. The van der Waals surface area contributed by atoms with Gasteiger partial charge in [-0.15, -0.1) is 0 Å². The number of hydrogen-bond acceptors (Lipinski definition) is 3. The van der Waals surface area contributed by atoms with E-state index in [-0.39, 0.29) is 11.3 Å². The van der Waals surface area contributed by atoms with Gasteiger partial charge in [0.05, 0.1) is 11.3 Å². The minimum absolute atomic E-state index is 0.114. The zero-order valence-corrected chi connectivity index (χ0v) is 10.9. The predicted molar refractivity (Wildman–Crippen MR) is 69.8 cm³/mol. The van der Waals surface area contributed by atoms with Crippen LogP contribution in [0.25, 0.3) is 0 Å². The van der Waals surface area contributed by atoms with Crippen LogP contribution in [0.15, 0.2) is 12.1 Å². The summed E-state index contributed by atoms with van der Waals surface area (Å²) in [6.45, 7) is 4.44. The van der Waals surface area contributed by atoms with Crippen molar-refractivity contribution in [1.29, 1.82) is 5.26 Å². The number of likely N-dealkylation sites (N-methyl/N-ethyl adjacent to an activating group) is 1. The number of rotatable bonds is 6. The second-order valence-corrected chi connectivity index (χ2v) is 4.69. The van der Waals surface area contributed by atoms with Gasteiger partial charge >= 0.3 is 0 Å². The quantitative estimate of drug-likeness (QED) is 0.859. The van der Waals surface area contributed by atoms with Gasteiger partial charge in [0.25, 0.3) is 0 Å². The molecule has 1 fully saturated rings. The van der Waals surface area contributed by atoms with E-state index in [9.17, 15) is 8.78 Å². The number of anilines is 1. The van der Waals surface area contributed by atoms with Crippen molar-refractivity contribution >= 4 is 5.69 Å². The van der Waals surface area contributed by atoms with Gasteiger partial charge in [-0.25, -0.2) is 8.78 Å². The summed E-state index contributed by atoms with van der Waals surface area (Å²) in [5.74, 6) is -2.06. The van der Waals surface area contributed by atoms with Crippen LogP contribution in [0.3, 0.4) is 0 Å². The van der Waals surface area contributed by atoms with Crippen molar-refractivity contribution in [3.8, 4) is 6.07 Å². The lowest BCUT2D eigenvalue weighted by atomic mass is 10.2. The number of hydrogen-bond donors (Lipinski definition) is 1. The zero-order chi connectivity index (χ0) is 13.8. The summed E-state index contributed by atoms with van der Waals surface area (Å²) in [6, 6.07) is 4.98. The SMILES string of the molecule is CCN(CCNc1ccc(C#N)c(F)c1F)C1CC1. The first-order chi connectivity index (χ1) is 9.17. The fraction of sp³-hybridized carbons (Fsp3) is 0.500. The molecule has 0 amide bonds. The van der Waals surface area contributed by atoms with Gasteiger partial charge < -0.3 is 5.32 Å². The molecule has 0 aromatic heterocycles. The first-order valence-corrected chi connectivity index (χ1v) is 6.53. The Bertz CT molecular complexity index is 492. The maximum atomic E-state index is 13.6. The average Bonchev–Trinajstić information content (AvgIpc) is 3.24. The van der Waals surface area contributed by atoms with E-state index in [2.05, 4.69) is 17.1 Å². The van der Waals surface area contributed by atoms with Gasteiger partial charge in [0.1, 0.15) is 6.07 Å². The Balaban J connectivity index is 1.92. The molecule has 0 atom stereocenters. The summed E-state index contributed by atoms with van der Waals surface area (Å²) < 4.78 is 27.0. The molecular weight excluding hydrogens is 248 g/mol. The van der Waals surface area contributed by atoms with Crippen LogP contribution in [0, 0.1) is 23.0 Å². The Kier molecular flexibility index (Phi) is 4.33. The van der Waals surface area contributed by atoms with Gasteiger partial charge in [0.15, 0.2) is 11.6 Å². The van der Waals surface area contributed by atoms with E-state index in [4.69, 9.17) is 5.26 Å². The smallest absolute Gasteiger partial charge is 0.183 e. The molecular formula is C14H17F2N3. The Hall–Kier alpha value is -1.67. The molecule has 1 aliphatic rings. The maximum absolute atomic E-state index is 13.6. The van der Waals surface area contributed by atoms with Crippen molar-refractivity contribution < 1.29 is 8.78 Å². The van der Waals surface area contributed by atoms with Gasteiger partial charge in [0, 0.05) is 19.1 Å². The highest BCUT2D eigenvalue weighted by molar-refractivity contribution is 5.49. The molecule has 0 saturated heterocycles. The Labute approximate surface area is 111 Å². The number of nitriles is 1. The average molecular weight is 265 g/mol. The predicted octanol–water partition coefficient (Wildman–Crippen LogP) is 2.73. The number of benzene rings is 1. The molecule has 19 heavy (non-hydrogen) atoms. The van der Waals surface area contributed by atoms with Crippen molar-refractivity contribution in [1.82, 2.24) is 4.90 Å². The van der Waals surface area contributed by atoms with Crippen molar-refractivity contribution in [2.75, 3.05) is 25.0 Å². The third kappa shape index (κ3) is 3.21. The molecule has 5 heteroatoms.